The highest BCUT2D eigenvalue weighted by Gasteiger charge is 2.18. The zero-order valence-electron chi connectivity index (χ0n) is 8.36. The summed E-state index contributed by atoms with van der Waals surface area (Å²) in [5.74, 6) is -0.251. The van der Waals surface area contributed by atoms with Crippen LogP contribution >= 0.6 is 7.60 Å². The molecule has 84 valence electrons. The van der Waals surface area contributed by atoms with Crippen molar-refractivity contribution in [3.63, 3.8) is 0 Å². The van der Waals surface area contributed by atoms with Gasteiger partial charge in [-0.25, -0.2) is 4.68 Å². The van der Waals surface area contributed by atoms with Crippen LogP contribution in [-0.4, -0.2) is 25.5 Å². The van der Waals surface area contributed by atoms with Crippen molar-refractivity contribution in [2.45, 2.75) is 6.92 Å². The third-order valence-electron chi connectivity index (χ3n) is 2.19. The largest absolute Gasteiger partial charge is 0.356 e. The van der Waals surface area contributed by atoms with Crippen LogP contribution in [0.3, 0.4) is 0 Å². The number of carbonyl (C=O) groups excluding carboxylic acids is 1. The van der Waals surface area contributed by atoms with Crippen LogP contribution in [0.1, 0.15) is 11.7 Å². The number of fused-ring (bicyclic) bond motifs is 1. The maximum absolute atomic E-state index is 11.1. The minimum atomic E-state index is -4.26. The summed E-state index contributed by atoms with van der Waals surface area (Å²) in [6, 6.07) is 4.10. The lowest BCUT2D eigenvalue weighted by Gasteiger charge is -2.03. The summed E-state index contributed by atoms with van der Waals surface area (Å²) in [4.78, 5) is 29.1. The van der Waals surface area contributed by atoms with E-state index in [9.17, 15) is 9.36 Å². The summed E-state index contributed by atoms with van der Waals surface area (Å²) in [5.41, 5.74) is 0.532. The zero-order valence-corrected chi connectivity index (χ0v) is 9.26. The Morgan fingerprint density at radius 1 is 1.44 bits per heavy atom. The first-order chi connectivity index (χ1) is 7.39. The molecule has 16 heavy (non-hydrogen) atoms. The van der Waals surface area contributed by atoms with E-state index in [0.29, 0.717) is 10.9 Å². The summed E-state index contributed by atoms with van der Waals surface area (Å²) < 4.78 is 12.2. The highest BCUT2D eigenvalue weighted by atomic mass is 31.2. The van der Waals surface area contributed by atoms with Crippen LogP contribution in [0.25, 0.3) is 10.9 Å². The number of benzene rings is 1. The van der Waals surface area contributed by atoms with Gasteiger partial charge >= 0.3 is 7.60 Å². The maximum Gasteiger partial charge on any atom is 0.356 e. The van der Waals surface area contributed by atoms with Gasteiger partial charge in [0.25, 0.3) is 0 Å². The van der Waals surface area contributed by atoms with E-state index in [2.05, 4.69) is 5.10 Å². The lowest BCUT2D eigenvalue weighted by molar-refractivity contribution is 0.0926. The van der Waals surface area contributed by atoms with E-state index in [1.807, 2.05) is 0 Å². The molecule has 0 spiro atoms. The van der Waals surface area contributed by atoms with Crippen LogP contribution in [0.4, 0.5) is 0 Å². The number of rotatable bonds is 1. The highest BCUT2D eigenvalue weighted by molar-refractivity contribution is 7.60. The fraction of sp³-hybridized carbons (Fsp3) is 0.111. The number of carbonyl (C=O) groups is 1. The van der Waals surface area contributed by atoms with Crippen LogP contribution in [0.2, 0.25) is 0 Å². The van der Waals surface area contributed by atoms with Gasteiger partial charge in [0.15, 0.2) is 0 Å². The Balaban J connectivity index is 2.67. The SMILES string of the molecule is CC(=O)n1ncc2cc(P(=O)(O)O)ccc21. The van der Waals surface area contributed by atoms with E-state index >= 15 is 0 Å². The van der Waals surface area contributed by atoms with Gasteiger partial charge in [-0.2, -0.15) is 5.10 Å². The van der Waals surface area contributed by atoms with Gasteiger partial charge in [-0.05, 0) is 18.2 Å². The number of hydrogen-bond donors (Lipinski definition) is 2. The van der Waals surface area contributed by atoms with Crippen LogP contribution in [-0.2, 0) is 4.57 Å². The third kappa shape index (κ3) is 1.78. The van der Waals surface area contributed by atoms with Crippen molar-refractivity contribution in [1.82, 2.24) is 9.78 Å². The molecule has 1 aromatic heterocycles. The van der Waals surface area contributed by atoms with Gasteiger partial charge in [0, 0.05) is 12.3 Å². The normalized spacial score (nSPS) is 11.9. The Hall–Kier alpha value is -1.49. The van der Waals surface area contributed by atoms with Crippen molar-refractivity contribution in [2.24, 2.45) is 0 Å². The summed E-state index contributed by atoms with van der Waals surface area (Å²) in [6.07, 6.45) is 1.40. The highest BCUT2D eigenvalue weighted by Crippen LogP contribution is 2.33. The number of aromatic nitrogens is 2. The van der Waals surface area contributed by atoms with Gasteiger partial charge in [-0.3, -0.25) is 9.36 Å². The van der Waals surface area contributed by atoms with E-state index in [1.54, 1.807) is 0 Å². The molecule has 6 nitrogen and oxygen atoms in total. The van der Waals surface area contributed by atoms with Gasteiger partial charge < -0.3 is 9.79 Å². The molecule has 1 aromatic carbocycles. The van der Waals surface area contributed by atoms with Gasteiger partial charge in [0.2, 0.25) is 5.91 Å². The van der Waals surface area contributed by atoms with Gasteiger partial charge in [0.05, 0.1) is 17.0 Å². The minimum Gasteiger partial charge on any atom is -0.321 e. The molecule has 0 bridgehead atoms. The molecule has 0 aliphatic carbocycles. The molecular weight excluding hydrogens is 231 g/mol. The van der Waals surface area contributed by atoms with E-state index < -0.39 is 7.60 Å². The Morgan fingerprint density at radius 3 is 2.69 bits per heavy atom. The van der Waals surface area contributed by atoms with Crippen LogP contribution in [0.15, 0.2) is 24.4 Å². The van der Waals surface area contributed by atoms with Crippen molar-refractivity contribution in [3.05, 3.63) is 24.4 Å². The topological polar surface area (TPSA) is 92.4 Å². The predicted molar refractivity (Wildman–Crippen MR) is 57.7 cm³/mol. The Labute approximate surface area is 90.7 Å². The molecule has 0 saturated carbocycles. The first-order valence-corrected chi connectivity index (χ1v) is 6.05. The molecule has 2 aromatic rings. The average molecular weight is 240 g/mol. The van der Waals surface area contributed by atoms with Crippen molar-refractivity contribution in [2.75, 3.05) is 0 Å². The standard InChI is InChI=1S/C9H9N2O4P/c1-6(12)11-9-3-2-8(16(13,14)15)4-7(9)5-10-11/h2-5H,1H3,(H2,13,14,15). The lowest BCUT2D eigenvalue weighted by atomic mass is 10.2. The molecule has 0 amide bonds. The third-order valence-corrected chi connectivity index (χ3v) is 3.14. The van der Waals surface area contributed by atoms with Crippen molar-refractivity contribution in [1.29, 1.82) is 0 Å². The maximum atomic E-state index is 11.1. The quantitative estimate of drug-likeness (QED) is 0.708. The van der Waals surface area contributed by atoms with E-state index in [1.165, 1.54) is 36.0 Å². The fourth-order valence-corrected chi connectivity index (χ4v) is 2.03. The summed E-state index contributed by atoms with van der Waals surface area (Å²) >= 11 is 0. The Bertz CT molecular complexity index is 613. The van der Waals surface area contributed by atoms with Gasteiger partial charge in [-0.15, -0.1) is 0 Å². The molecule has 0 fully saturated rings. The molecule has 7 heteroatoms. The van der Waals surface area contributed by atoms with E-state index in [0.717, 1.165) is 0 Å². The van der Waals surface area contributed by atoms with Crippen LogP contribution in [0.5, 0.6) is 0 Å². The fourth-order valence-electron chi connectivity index (χ4n) is 1.45. The molecule has 0 unspecified atom stereocenters. The van der Waals surface area contributed by atoms with E-state index in [4.69, 9.17) is 9.79 Å². The zero-order chi connectivity index (χ0) is 11.9. The molecule has 0 radical (unpaired) electrons. The number of hydrogen-bond acceptors (Lipinski definition) is 3. The molecular formula is C9H9N2O4P. The van der Waals surface area contributed by atoms with Gasteiger partial charge in [0.1, 0.15) is 0 Å². The molecule has 2 rings (SSSR count). The average Bonchev–Trinajstić information content (AvgIpc) is 2.58. The van der Waals surface area contributed by atoms with Crippen LogP contribution < -0.4 is 5.30 Å². The van der Waals surface area contributed by atoms with Crippen molar-refractivity contribution < 1.29 is 19.1 Å². The first kappa shape index (κ1) is 11.0. The van der Waals surface area contributed by atoms with Gasteiger partial charge in [-0.1, -0.05) is 0 Å². The Kier molecular flexibility index (Phi) is 2.42. The molecule has 2 N–H and O–H groups in total. The molecule has 0 atom stereocenters. The molecule has 0 saturated heterocycles. The predicted octanol–water partition coefficient (Wildman–Crippen LogP) is 0.499. The van der Waals surface area contributed by atoms with E-state index in [-0.39, 0.29) is 11.2 Å². The second-order valence-corrected chi connectivity index (χ2v) is 4.97. The van der Waals surface area contributed by atoms with Crippen LogP contribution in [0, 0.1) is 0 Å². The monoisotopic (exact) mass is 240 g/mol. The second-order valence-electron chi connectivity index (χ2n) is 3.36. The molecule has 0 aliphatic rings. The summed E-state index contributed by atoms with van der Waals surface area (Å²) in [6.45, 7) is 1.36. The number of nitrogens with zero attached hydrogens (tertiary/aromatic N) is 2. The molecule has 1 heterocycles. The summed E-state index contributed by atoms with van der Waals surface area (Å²) in [7, 11) is -4.26. The van der Waals surface area contributed by atoms with Crippen molar-refractivity contribution >= 4 is 29.7 Å². The summed E-state index contributed by atoms with van der Waals surface area (Å²) in [5, 5.41) is 4.28. The second kappa shape index (κ2) is 3.52. The minimum absolute atomic E-state index is 0.0805. The smallest absolute Gasteiger partial charge is 0.321 e. The lowest BCUT2D eigenvalue weighted by Crippen LogP contribution is -2.08. The Morgan fingerprint density at radius 2 is 2.12 bits per heavy atom. The molecule has 0 aliphatic heterocycles. The first-order valence-electron chi connectivity index (χ1n) is 4.44. The van der Waals surface area contributed by atoms with Crippen molar-refractivity contribution in [3.8, 4) is 0 Å².